The lowest BCUT2D eigenvalue weighted by Gasteiger charge is -2.08. The third kappa shape index (κ3) is 5.10. The second-order valence-corrected chi connectivity index (χ2v) is 6.94. The van der Waals surface area contributed by atoms with E-state index in [1.165, 1.54) is 30.2 Å². The van der Waals surface area contributed by atoms with Crippen LogP contribution in [0.25, 0.3) is 0 Å². The normalized spacial score (nSPS) is 15.3. The molecule has 2 aromatic rings. The molecule has 23 heavy (non-hydrogen) atoms. The zero-order valence-corrected chi connectivity index (χ0v) is 14.0. The minimum atomic E-state index is 0.0271. The smallest absolute Gasteiger partial charge is 0.277 e. The van der Waals surface area contributed by atoms with Crippen molar-refractivity contribution in [2.45, 2.75) is 37.3 Å². The summed E-state index contributed by atoms with van der Waals surface area (Å²) in [6, 6.07) is 10.3. The Morgan fingerprint density at radius 2 is 2.13 bits per heavy atom. The molecule has 1 aromatic heterocycles. The van der Waals surface area contributed by atoms with Crippen molar-refractivity contribution >= 4 is 17.7 Å². The first-order chi connectivity index (χ1) is 11.2. The Morgan fingerprint density at radius 1 is 1.35 bits per heavy atom. The van der Waals surface area contributed by atoms with Crippen molar-refractivity contribution in [2.75, 3.05) is 12.3 Å². The molecule has 0 spiro atoms. The minimum absolute atomic E-state index is 0.0271. The van der Waals surface area contributed by atoms with Gasteiger partial charge in [-0.1, -0.05) is 49.0 Å². The summed E-state index contributed by atoms with van der Waals surface area (Å²) >= 11 is 1.29. The Balaban J connectivity index is 1.44. The van der Waals surface area contributed by atoms with E-state index in [0.717, 1.165) is 6.54 Å². The number of carbonyl (C=O) groups is 1. The lowest BCUT2D eigenvalue weighted by atomic mass is 9.98. The molecular formula is C17H21N3O2S. The van der Waals surface area contributed by atoms with Crippen LogP contribution >= 0.6 is 11.8 Å². The number of aromatic nitrogens is 2. The third-order valence-electron chi connectivity index (χ3n) is 3.91. The first kappa shape index (κ1) is 16.1. The van der Waals surface area contributed by atoms with Crippen LogP contribution in [0.4, 0.5) is 0 Å². The number of benzene rings is 1. The number of amides is 1. The third-order valence-corrected chi connectivity index (χ3v) is 4.73. The van der Waals surface area contributed by atoms with E-state index < -0.39 is 0 Å². The van der Waals surface area contributed by atoms with Gasteiger partial charge in [0.1, 0.15) is 0 Å². The molecule has 0 saturated heterocycles. The maximum atomic E-state index is 11.7. The van der Waals surface area contributed by atoms with Gasteiger partial charge in [0.25, 0.3) is 5.22 Å². The van der Waals surface area contributed by atoms with Crippen molar-refractivity contribution in [3.05, 3.63) is 41.8 Å². The van der Waals surface area contributed by atoms with Gasteiger partial charge in [0.05, 0.1) is 5.75 Å². The highest BCUT2D eigenvalue weighted by Gasteiger charge is 2.21. The van der Waals surface area contributed by atoms with E-state index >= 15 is 0 Å². The molecule has 122 valence electrons. The van der Waals surface area contributed by atoms with Gasteiger partial charge in [0.15, 0.2) is 0 Å². The van der Waals surface area contributed by atoms with Crippen molar-refractivity contribution < 1.29 is 9.21 Å². The van der Waals surface area contributed by atoms with Gasteiger partial charge in [-0.3, -0.25) is 4.79 Å². The van der Waals surface area contributed by atoms with Gasteiger partial charge >= 0.3 is 0 Å². The Morgan fingerprint density at radius 3 is 2.87 bits per heavy atom. The number of nitrogens with zero attached hydrogens (tertiary/aromatic N) is 2. The van der Waals surface area contributed by atoms with Crippen molar-refractivity contribution in [3.63, 3.8) is 0 Å². The van der Waals surface area contributed by atoms with Crippen LogP contribution in [0.1, 0.15) is 37.1 Å². The van der Waals surface area contributed by atoms with Crippen LogP contribution in [0.5, 0.6) is 0 Å². The topological polar surface area (TPSA) is 68.0 Å². The van der Waals surface area contributed by atoms with Crippen molar-refractivity contribution in [1.82, 2.24) is 15.5 Å². The maximum Gasteiger partial charge on any atom is 0.277 e. The molecule has 1 aliphatic carbocycles. The first-order valence-corrected chi connectivity index (χ1v) is 8.96. The number of nitrogens with one attached hydrogen (secondary N) is 1. The van der Waals surface area contributed by atoms with Gasteiger partial charge in [-0.15, -0.1) is 10.2 Å². The number of carbonyl (C=O) groups excluding carboxylic acids is 1. The molecule has 0 radical (unpaired) electrons. The number of thioether (sulfide) groups is 1. The SMILES string of the molecule is CC(Cc1nnc(SCC(=O)NCC2CC2)o1)c1ccccc1. The van der Waals surface area contributed by atoms with Gasteiger partial charge in [-0.05, 0) is 30.2 Å². The standard InChI is InChI=1S/C17H21N3O2S/c1-12(14-5-3-2-4-6-14)9-16-19-20-17(22-16)23-11-15(21)18-10-13-7-8-13/h2-6,12-13H,7-11H2,1H3,(H,18,21). The molecule has 3 rings (SSSR count). The fourth-order valence-corrected chi connectivity index (χ4v) is 2.91. The molecule has 1 fully saturated rings. The minimum Gasteiger partial charge on any atom is -0.416 e. The van der Waals surface area contributed by atoms with Gasteiger partial charge in [0, 0.05) is 13.0 Å². The van der Waals surface area contributed by atoms with E-state index in [0.29, 0.717) is 35.1 Å². The van der Waals surface area contributed by atoms with Gasteiger partial charge in [-0.25, -0.2) is 0 Å². The Bertz CT molecular complexity index is 640. The number of hydrogen-bond acceptors (Lipinski definition) is 5. The predicted octanol–water partition coefficient (Wildman–Crippen LogP) is 3.03. The molecule has 1 N–H and O–H groups in total. The molecule has 1 aromatic carbocycles. The lowest BCUT2D eigenvalue weighted by Crippen LogP contribution is -2.27. The van der Waals surface area contributed by atoms with Crippen LogP contribution in [0.3, 0.4) is 0 Å². The Kier molecular flexibility index (Phi) is 5.33. The largest absolute Gasteiger partial charge is 0.416 e. The number of hydrogen-bond donors (Lipinski definition) is 1. The van der Waals surface area contributed by atoms with Crippen molar-refractivity contribution in [3.8, 4) is 0 Å². The highest BCUT2D eigenvalue weighted by atomic mass is 32.2. The summed E-state index contributed by atoms with van der Waals surface area (Å²) in [6.07, 6.45) is 3.17. The van der Waals surface area contributed by atoms with E-state index in [2.05, 4.69) is 34.6 Å². The van der Waals surface area contributed by atoms with Gasteiger partial charge in [-0.2, -0.15) is 0 Å². The molecule has 6 heteroatoms. The lowest BCUT2D eigenvalue weighted by molar-refractivity contribution is -0.118. The molecule has 0 aliphatic heterocycles. The zero-order chi connectivity index (χ0) is 16.1. The summed E-state index contributed by atoms with van der Waals surface area (Å²) in [4.78, 5) is 11.7. The average molecular weight is 331 g/mol. The van der Waals surface area contributed by atoms with Crippen molar-refractivity contribution in [2.24, 2.45) is 5.92 Å². The van der Waals surface area contributed by atoms with Crippen LogP contribution in [-0.4, -0.2) is 28.4 Å². The van der Waals surface area contributed by atoms with E-state index in [1.807, 2.05) is 18.2 Å². The van der Waals surface area contributed by atoms with Crippen LogP contribution in [0, 0.1) is 5.92 Å². The Labute approximate surface area is 140 Å². The summed E-state index contributed by atoms with van der Waals surface area (Å²) in [6.45, 7) is 2.93. The van der Waals surface area contributed by atoms with E-state index in [4.69, 9.17) is 4.42 Å². The molecule has 1 aliphatic rings. The molecular weight excluding hydrogens is 310 g/mol. The quantitative estimate of drug-likeness (QED) is 0.753. The van der Waals surface area contributed by atoms with E-state index in [-0.39, 0.29) is 5.91 Å². The molecule has 1 saturated carbocycles. The van der Waals surface area contributed by atoms with E-state index in [1.54, 1.807) is 0 Å². The fraction of sp³-hybridized carbons (Fsp3) is 0.471. The molecule has 5 nitrogen and oxygen atoms in total. The van der Waals surface area contributed by atoms with Crippen LogP contribution in [-0.2, 0) is 11.2 Å². The van der Waals surface area contributed by atoms with Crippen LogP contribution in [0.15, 0.2) is 40.0 Å². The van der Waals surface area contributed by atoms with Gasteiger partial charge in [0.2, 0.25) is 11.8 Å². The summed E-state index contributed by atoms with van der Waals surface area (Å²) in [7, 11) is 0. The van der Waals surface area contributed by atoms with Crippen LogP contribution in [0.2, 0.25) is 0 Å². The van der Waals surface area contributed by atoms with E-state index in [9.17, 15) is 4.79 Å². The summed E-state index contributed by atoms with van der Waals surface area (Å²) in [5.41, 5.74) is 1.25. The number of rotatable bonds is 8. The molecule has 0 bridgehead atoms. The highest BCUT2D eigenvalue weighted by Crippen LogP contribution is 2.27. The summed E-state index contributed by atoms with van der Waals surface area (Å²) in [5, 5.41) is 11.5. The molecule has 1 heterocycles. The summed E-state index contributed by atoms with van der Waals surface area (Å²) < 4.78 is 5.62. The van der Waals surface area contributed by atoms with Gasteiger partial charge < -0.3 is 9.73 Å². The second-order valence-electron chi connectivity index (χ2n) is 6.01. The Hall–Kier alpha value is -1.82. The van der Waals surface area contributed by atoms with Crippen LogP contribution < -0.4 is 5.32 Å². The molecule has 1 amide bonds. The zero-order valence-electron chi connectivity index (χ0n) is 13.2. The first-order valence-electron chi connectivity index (χ1n) is 7.97. The average Bonchev–Trinajstić information content (AvgIpc) is 3.30. The monoisotopic (exact) mass is 331 g/mol. The predicted molar refractivity (Wildman–Crippen MR) is 89.3 cm³/mol. The molecule has 1 atom stereocenters. The fourth-order valence-electron chi connectivity index (χ4n) is 2.30. The summed E-state index contributed by atoms with van der Waals surface area (Å²) in [5.74, 6) is 1.97. The van der Waals surface area contributed by atoms with Crippen molar-refractivity contribution in [1.29, 1.82) is 0 Å². The highest BCUT2D eigenvalue weighted by molar-refractivity contribution is 7.99. The second kappa shape index (κ2) is 7.64. The maximum absolute atomic E-state index is 11.7. The molecule has 1 unspecified atom stereocenters.